The van der Waals surface area contributed by atoms with E-state index in [9.17, 15) is 17.6 Å². The first kappa shape index (κ1) is 15.4. The molecular formula is C15H13FN2O4S. The zero-order valence-corrected chi connectivity index (χ0v) is 12.7. The lowest BCUT2D eigenvalue weighted by Crippen LogP contribution is -2.30. The number of anilines is 1. The fourth-order valence-electron chi connectivity index (χ4n) is 2.73. The number of aromatic nitrogens is 1. The van der Waals surface area contributed by atoms with E-state index < -0.39 is 27.7 Å². The smallest absolute Gasteiger partial charge is 0.304 e. The van der Waals surface area contributed by atoms with Gasteiger partial charge in [0.05, 0.1) is 18.3 Å². The Labute approximate surface area is 132 Å². The second-order valence-corrected chi connectivity index (χ2v) is 7.09. The van der Waals surface area contributed by atoms with Gasteiger partial charge in [-0.1, -0.05) is 18.2 Å². The number of nitrogens with zero attached hydrogens (tertiary/aromatic N) is 2. The molecule has 1 N–H and O–H groups in total. The molecule has 2 heterocycles. The standard InChI is InChI=1S/C15H13FN2O4S/c16-11-6-12(8-17-7-11)23(21,22)18-9-10(5-15(19)20)13-3-1-2-4-14(13)18/h1-4,6-8,10H,5,9H2,(H,19,20). The minimum atomic E-state index is -4.01. The van der Waals surface area contributed by atoms with Gasteiger partial charge in [0.2, 0.25) is 0 Å². The third-order valence-corrected chi connectivity index (χ3v) is 5.47. The second kappa shape index (κ2) is 5.62. The van der Waals surface area contributed by atoms with E-state index in [-0.39, 0.29) is 17.9 Å². The molecule has 0 spiro atoms. The number of carboxylic acids is 1. The zero-order chi connectivity index (χ0) is 16.6. The molecule has 1 aromatic carbocycles. The van der Waals surface area contributed by atoms with Crippen LogP contribution in [-0.2, 0) is 14.8 Å². The van der Waals surface area contributed by atoms with Crippen LogP contribution in [0.25, 0.3) is 0 Å². The van der Waals surface area contributed by atoms with Crippen LogP contribution in [0.1, 0.15) is 17.9 Å². The predicted octanol–water partition coefficient (Wildman–Crippen LogP) is 1.99. The summed E-state index contributed by atoms with van der Waals surface area (Å²) < 4.78 is 39.9. The van der Waals surface area contributed by atoms with Gasteiger partial charge in [0.25, 0.3) is 10.0 Å². The number of rotatable bonds is 4. The maximum absolute atomic E-state index is 13.3. The monoisotopic (exact) mass is 336 g/mol. The number of halogens is 1. The van der Waals surface area contributed by atoms with Crippen molar-refractivity contribution in [2.75, 3.05) is 10.8 Å². The first-order valence-electron chi connectivity index (χ1n) is 6.83. The van der Waals surface area contributed by atoms with Gasteiger partial charge in [-0.2, -0.15) is 0 Å². The van der Waals surface area contributed by atoms with Crippen LogP contribution in [0.4, 0.5) is 10.1 Å². The lowest BCUT2D eigenvalue weighted by Gasteiger charge is -2.19. The molecule has 120 valence electrons. The topological polar surface area (TPSA) is 87.6 Å². The van der Waals surface area contributed by atoms with Gasteiger partial charge in [-0.3, -0.25) is 14.1 Å². The molecule has 0 radical (unpaired) electrons. The number of fused-ring (bicyclic) bond motifs is 1. The molecule has 3 rings (SSSR count). The maximum Gasteiger partial charge on any atom is 0.304 e. The minimum Gasteiger partial charge on any atom is -0.481 e. The Kier molecular flexibility index (Phi) is 3.77. The average Bonchev–Trinajstić information content (AvgIpc) is 2.86. The summed E-state index contributed by atoms with van der Waals surface area (Å²) in [4.78, 5) is 14.3. The number of hydrogen-bond acceptors (Lipinski definition) is 4. The Hall–Kier alpha value is -2.48. The SMILES string of the molecule is O=C(O)CC1CN(S(=O)(=O)c2cncc(F)c2)c2ccccc21. The van der Waals surface area contributed by atoms with Crippen molar-refractivity contribution in [3.63, 3.8) is 0 Å². The molecule has 23 heavy (non-hydrogen) atoms. The number of pyridine rings is 1. The van der Waals surface area contributed by atoms with Crippen LogP contribution in [0.2, 0.25) is 0 Å². The summed E-state index contributed by atoms with van der Waals surface area (Å²) in [5.74, 6) is -2.20. The summed E-state index contributed by atoms with van der Waals surface area (Å²) in [5, 5.41) is 9.01. The molecule has 0 saturated carbocycles. The van der Waals surface area contributed by atoms with Gasteiger partial charge in [0.15, 0.2) is 0 Å². The molecule has 0 saturated heterocycles. The summed E-state index contributed by atoms with van der Waals surface area (Å²) in [7, 11) is -4.01. The van der Waals surface area contributed by atoms with Crippen molar-refractivity contribution in [2.24, 2.45) is 0 Å². The fourth-order valence-corrected chi connectivity index (χ4v) is 4.24. The number of hydrogen-bond donors (Lipinski definition) is 1. The van der Waals surface area contributed by atoms with Gasteiger partial charge in [0, 0.05) is 18.7 Å². The average molecular weight is 336 g/mol. The Morgan fingerprint density at radius 2 is 2.09 bits per heavy atom. The van der Waals surface area contributed by atoms with Crippen molar-refractivity contribution in [1.82, 2.24) is 4.98 Å². The van der Waals surface area contributed by atoms with Gasteiger partial charge in [0.1, 0.15) is 10.7 Å². The Balaban J connectivity index is 2.05. The van der Waals surface area contributed by atoms with Crippen molar-refractivity contribution in [2.45, 2.75) is 17.2 Å². The fraction of sp³-hybridized carbons (Fsp3) is 0.200. The van der Waals surface area contributed by atoms with E-state index in [1.54, 1.807) is 24.3 Å². The molecule has 1 aromatic heterocycles. The van der Waals surface area contributed by atoms with Crippen molar-refractivity contribution in [1.29, 1.82) is 0 Å². The van der Waals surface area contributed by atoms with E-state index in [1.807, 2.05) is 0 Å². The van der Waals surface area contributed by atoms with Crippen LogP contribution in [0.3, 0.4) is 0 Å². The number of carboxylic acid groups (broad SMARTS) is 1. The lowest BCUT2D eigenvalue weighted by molar-refractivity contribution is -0.137. The third-order valence-electron chi connectivity index (χ3n) is 3.72. The molecule has 6 nitrogen and oxygen atoms in total. The number of carbonyl (C=O) groups is 1. The number of para-hydroxylation sites is 1. The van der Waals surface area contributed by atoms with Crippen LogP contribution in [0.5, 0.6) is 0 Å². The zero-order valence-electron chi connectivity index (χ0n) is 11.9. The Morgan fingerprint density at radius 1 is 1.35 bits per heavy atom. The van der Waals surface area contributed by atoms with Crippen LogP contribution in [0, 0.1) is 5.82 Å². The second-order valence-electron chi connectivity index (χ2n) is 5.23. The summed E-state index contributed by atoms with van der Waals surface area (Å²) in [5.41, 5.74) is 1.07. The normalized spacial score (nSPS) is 17.1. The van der Waals surface area contributed by atoms with Crippen molar-refractivity contribution < 1.29 is 22.7 Å². The van der Waals surface area contributed by atoms with E-state index in [2.05, 4.69) is 4.98 Å². The molecule has 0 amide bonds. The van der Waals surface area contributed by atoms with E-state index >= 15 is 0 Å². The molecule has 1 aliphatic heterocycles. The van der Waals surface area contributed by atoms with Gasteiger partial charge >= 0.3 is 5.97 Å². The van der Waals surface area contributed by atoms with Gasteiger partial charge in [-0.15, -0.1) is 0 Å². The van der Waals surface area contributed by atoms with Crippen molar-refractivity contribution >= 4 is 21.7 Å². The molecule has 0 aliphatic carbocycles. The quantitative estimate of drug-likeness (QED) is 0.922. The van der Waals surface area contributed by atoms with Gasteiger partial charge < -0.3 is 5.11 Å². The summed E-state index contributed by atoms with van der Waals surface area (Å²) in [6.07, 6.45) is 1.82. The van der Waals surface area contributed by atoms with E-state index in [1.165, 1.54) is 0 Å². The van der Waals surface area contributed by atoms with Crippen molar-refractivity contribution in [3.05, 3.63) is 54.1 Å². The Bertz CT molecular complexity index is 869. The van der Waals surface area contributed by atoms with Crippen LogP contribution >= 0.6 is 0 Å². The highest BCUT2D eigenvalue weighted by Gasteiger charge is 2.37. The summed E-state index contributed by atoms with van der Waals surface area (Å²) >= 11 is 0. The van der Waals surface area contributed by atoms with E-state index in [0.29, 0.717) is 11.3 Å². The molecule has 2 aromatic rings. The molecule has 0 fully saturated rings. The highest BCUT2D eigenvalue weighted by molar-refractivity contribution is 7.92. The van der Waals surface area contributed by atoms with Gasteiger partial charge in [-0.25, -0.2) is 12.8 Å². The van der Waals surface area contributed by atoms with Crippen LogP contribution in [-0.4, -0.2) is 31.0 Å². The van der Waals surface area contributed by atoms with E-state index in [0.717, 1.165) is 22.8 Å². The molecule has 8 heteroatoms. The lowest BCUT2D eigenvalue weighted by atomic mass is 9.98. The number of aliphatic carboxylic acids is 1. The van der Waals surface area contributed by atoms with Crippen molar-refractivity contribution in [3.8, 4) is 0 Å². The minimum absolute atomic E-state index is 0.00446. The predicted molar refractivity (Wildman–Crippen MR) is 80.2 cm³/mol. The van der Waals surface area contributed by atoms with Crippen LogP contribution < -0.4 is 4.31 Å². The molecular weight excluding hydrogens is 323 g/mol. The van der Waals surface area contributed by atoms with Crippen LogP contribution in [0.15, 0.2) is 47.6 Å². The van der Waals surface area contributed by atoms with Gasteiger partial charge in [-0.05, 0) is 17.7 Å². The highest BCUT2D eigenvalue weighted by atomic mass is 32.2. The Morgan fingerprint density at radius 3 is 2.78 bits per heavy atom. The molecule has 1 atom stereocenters. The first-order chi connectivity index (χ1) is 10.9. The molecule has 0 bridgehead atoms. The third kappa shape index (κ3) is 2.77. The largest absolute Gasteiger partial charge is 0.481 e. The summed E-state index contributed by atoms with van der Waals surface area (Å²) in [6, 6.07) is 7.63. The molecule has 1 aliphatic rings. The summed E-state index contributed by atoms with van der Waals surface area (Å²) in [6.45, 7) is 0.00446. The van der Waals surface area contributed by atoms with E-state index in [4.69, 9.17) is 5.11 Å². The highest BCUT2D eigenvalue weighted by Crippen LogP contribution is 2.40. The number of benzene rings is 1. The molecule has 1 unspecified atom stereocenters. The first-order valence-corrected chi connectivity index (χ1v) is 8.27. The maximum atomic E-state index is 13.3. The number of sulfonamides is 1.